The predicted octanol–water partition coefficient (Wildman–Crippen LogP) is 6.39. The number of carboxylic acids is 1. The lowest BCUT2D eigenvalue weighted by atomic mass is 9.90. The van der Waals surface area contributed by atoms with Gasteiger partial charge in [-0.3, -0.25) is 10.2 Å². The number of thiazole rings is 1. The van der Waals surface area contributed by atoms with Crippen molar-refractivity contribution in [2.24, 2.45) is 5.73 Å². The van der Waals surface area contributed by atoms with Gasteiger partial charge in [0.15, 0.2) is 0 Å². The van der Waals surface area contributed by atoms with Crippen LogP contribution in [0.3, 0.4) is 0 Å². The molecule has 1 atom stereocenters. The van der Waals surface area contributed by atoms with E-state index in [2.05, 4.69) is 10.3 Å². The molecule has 0 aliphatic heterocycles. The molecule has 39 heavy (non-hydrogen) atoms. The van der Waals surface area contributed by atoms with Crippen LogP contribution in [0.2, 0.25) is 0 Å². The Labute approximate surface area is 228 Å². The van der Waals surface area contributed by atoms with Crippen LogP contribution in [0.5, 0.6) is 0 Å². The van der Waals surface area contributed by atoms with Crippen LogP contribution in [0.1, 0.15) is 22.6 Å². The number of amides is 1. The number of aliphatic carboxylic acids is 1. The Morgan fingerprint density at radius 3 is 2.41 bits per heavy atom. The molecule has 1 amide bonds. The average Bonchev–Trinajstić information content (AvgIpc) is 3.54. The van der Waals surface area contributed by atoms with Crippen molar-refractivity contribution in [3.8, 4) is 0 Å². The van der Waals surface area contributed by atoms with Crippen LogP contribution in [0.15, 0.2) is 77.6 Å². The molecule has 0 saturated carbocycles. The van der Waals surface area contributed by atoms with Crippen LogP contribution in [0.25, 0.3) is 20.3 Å². The summed E-state index contributed by atoms with van der Waals surface area (Å²) in [6.07, 6.45) is -4.51. The number of benzene rings is 3. The van der Waals surface area contributed by atoms with E-state index in [9.17, 15) is 18.0 Å². The molecule has 0 spiro atoms. The molecule has 5 rings (SSSR count). The first-order valence-electron chi connectivity index (χ1n) is 11.4. The van der Waals surface area contributed by atoms with Gasteiger partial charge in [0.1, 0.15) is 5.84 Å². The number of rotatable bonds is 6. The van der Waals surface area contributed by atoms with Gasteiger partial charge in [-0.05, 0) is 64.7 Å². The summed E-state index contributed by atoms with van der Waals surface area (Å²) in [4.78, 5) is 26.8. The average molecular weight is 571 g/mol. The number of thiophene rings is 1. The van der Waals surface area contributed by atoms with E-state index in [-0.39, 0.29) is 17.7 Å². The van der Waals surface area contributed by atoms with E-state index in [1.807, 2.05) is 72.1 Å². The van der Waals surface area contributed by atoms with Crippen molar-refractivity contribution in [3.05, 3.63) is 94.3 Å². The quantitative estimate of drug-likeness (QED) is 0.139. The lowest BCUT2D eigenvalue weighted by Crippen LogP contribution is -2.23. The fourth-order valence-corrected chi connectivity index (χ4v) is 5.55. The number of amidine groups is 1. The molecule has 3 aromatic carbocycles. The molecule has 0 fully saturated rings. The van der Waals surface area contributed by atoms with Gasteiger partial charge in [0.05, 0.1) is 21.6 Å². The van der Waals surface area contributed by atoms with Gasteiger partial charge in [0.2, 0.25) is 5.91 Å². The summed E-state index contributed by atoms with van der Waals surface area (Å²) in [6.45, 7) is 0. The molecular weight excluding hydrogens is 549 g/mol. The zero-order chi connectivity index (χ0) is 28.2. The second-order valence-corrected chi connectivity index (χ2v) is 10.2. The number of carboxylic acid groups (broad SMARTS) is 1. The first-order valence-corrected chi connectivity index (χ1v) is 13.1. The van der Waals surface area contributed by atoms with Gasteiger partial charge in [0, 0.05) is 16.0 Å². The summed E-state index contributed by atoms with van der Waals surface area (Å²) in [5.41, 5.74) is 11.9. The minimum Gasteiger partial charge on any atom is -0.475 e. The Morgan fingerprint density at radius 2 is 1.74 bits per heavy atom. The summed E-state index contributed by atoms with van der Waals surface area (Å²) in [5.74, 6) is -3.19. The molecule has 0 aliphatic rings. The van der Waals surface area contributed by atoms with Crippen LogP contribution in [0.4, 0.5) is 18.9 Å². The number of aromatic nitrogens is 1. The standard InChI is InChI=1S/C25H20N4OS2.C2HF3O2/c26-24(27)16-6-9-22-18(11-16)20(13-31-22)19(10-15-4-2-1-3-5-15)25(30)29-17-7-8-21-23(12-17)32-14-28-21;3-2(4,5)1(6)7/h1-9,11-14,19H,10H2,(H3,26,27)(H,29,30);(H,6,7)/t19-;/m0./s1. The van der Waals surface area contributed by atoms with Gasteiger partial charge in [-0.2, -0.15) is 13.2 Å². The zero-order valence-electron chi connectivity index (χ0n) is 20.0. The number of nitrogens with two attached hydrogens (primary N) is 1. The highest BCUT2D eigenvalue weighted by Gasteiger charge is 2.38. The largest absolute Gasteiger partial charge is 0.490 e. The minimum atomic E-state index is -5.08. The van der Waals surface area contributed by atoms with Gasteiger partial charge in [0.25, 0.3) is 0 Å². The summed E-state index contributed by atoms with van der Waals surface area (Å²) >= 11 is 3.15. The van der Waals surface area contributed by atoms with Gasteiger partial charge >= 0.3 is 12.1 Å². The lowest BCUT2D eigenvalue weighted by molar-refractivity contribution is -0.192. The number of anilines is 1. The third-order valence-electron chi connectivity index (χ3n) is 5.73. The Kier molecular flexibility index (Phi) is 8.27. The molecule has 200 valence electrons. The maximum Gasteiger partial charge on any atom is 0.490 e. The number of halogens is 3. The number of hydrogen-bond donors (Lipinski definition) is 4. The van der Waals surface area contributed by atoms with Gasteiger partial charge in [-0.1, -0.05) is 30.3 Å². The molecule has 0 radical (unpaired) electrons. The molecule has 0 aliphatic carbocycles. The minimum absolute atomic E-state index is 0.0194. The summed E-state index contributed by atoms with van der Waals surface area (Å²) in [5, 5.41) is 21.1. The Bertz CT molecular complexity index is 1650. The Hall–Kier alpha value is -4.29. The molecule has 7 nitrogen and oxygen atoms in total. The number of nitrogen functional groups attached to an aromatic ring is 1. The molecular formula is C27H21F3N4O3S2. The van der Waals surface area contributed by atoms with Crippen LogP contribution < -0.4 is 11.1 Å². The highest BCUT2D eigenvalue weighted by Crippen LogP contribution is 2.35. The molecule has 5 aromatic rings. The maximum absolute atomic E-state index is 13.6. The van der Waals surface area contributed by atoms with E-state index in [0.717, 1.165) is 37.1 Å². The second-order valence-electron chi connectivity index (χ2n) is 8.38. The zero-order valence-corrected chi connectivity index (χ0v) is 21.7. The molecule has 0 saturated heterocycles. The molecule has 5 N–H and O–H groups in total. The fourth-order valence-electron chi connectivity index (χ4n) is 3.84. The molecule has 0 unspecified atom stereocenters. The van der Waals surface area contributed by atoms with E-state index < -0.39 is 12.1 Å². The van der Waals surface area contributed by atoms with Crippen molar-refractivity contribution in [1.29, 1.82) is 5.41 Å². The monoisotopic (exact) mass is 570 g/mol. The lowest BCUT2D eigenvalue weighted by Gasteiger charge is -2.17. The van der Waals surface area contributed by atoms with E-state index in [1.165, 1.54) is 0 Å². The fraction of sp³-hybridized carbons (Fsp3) is 0.111. The molecule has 12 heteroatoms. The smallest absolute Gasteiger partial charge is 0.475 e. The van der Waals surface area contributed by atoms with Gasteiger partial charge in [-0.25, -0.2) is 9.78 Å². The second kappa shape index (κ2) is 11.6. The van der Waals surface area contributed by atoms with Crippen LogP contribution in [-0.2, 0) is 16.0 Å². The Balaban J connectivity index is 0.000000448. The number of carbonyl (C=O) groups excluding carboxylic acids is 1. The van der Waals surface area contributed by atoms with Crippen LogP contribution >= 0.6 is 22.7 Å². The number of hydrogen-bond acceptors (Lipinski definition) is 6. The highest BCUT2D eigenvalue weighted by molar-refractivity contribution is 7.17. The number of alkyl halides is 3. The van der Waals surface area contributed by atoms with Crippen molar-refractivity contribution in [2.45, 2.75) is 18.5 Å². The van der Waals surface area contributed by atoms with Gasteiger partial charge < -0.3 is 16.2 Å². The predicted molar refractivity (Wildman–Crippen MR) is 148 cm³/mol. The summed E-state index contributed by atoms with van der Waals surface area (Å²) < 4.78 is 33.8. The normalized spacial score (nSPS) is 12.0. The number of fused-ring (bicyclic) bond motifs is 2. The SMILES string of the molecule is N=C(N)c1ccc2scc([C@H](Cc3ccccc3)C(=O)Nc3ccc4ncsc4c3)c2c1.O=C(O)C(F)(F)F. The van der Waals surface area contributed by atoms with Crippen molar-refractivity contribution in [2.75, 3.05) is 5.32 Å². The third kappa shape index (κ3) is 6.78. The first-order chi connectivity index (χ1) is 18.5. The number of nitrogens with one attached hydrogen (secondary N) is 2. The first kappa shape index (κ1) is 27.7. The van der Waals surface area contributed by atoms with Crippen molar-refractivity contribution >= 4 is 66.4 Å². The number of carbonyl (C=O) groups is 2. The van der Waals surface area contributed by atoms with Crippen molar-refractivity contribution in [3.63, 3.8) is 0 Å². The topological polar surface area (TPSA) is 129 Å². The van der Waals surface area contributed by atoms with Crippen molar-refractivity contribution < 1.29 is 27.9 Å². The number of nitrogens with zero attached hydrogens (tertiary/aromatic N) is 1. The van der Waals surface area contributed by atoms with Gasteiger partial charge in [-0.15, -0.1) is 22.7 Å². The molecule has 2 aromatic heterocycles. The maximum atomic E-state index is 13.6. The summed E-state index contributed by atoms with van der Waals surface area (Å²) in [6, 6.07) is 21.5. The third-order valence-corrected chi connectivity index (χ3v) is 7.50. The Morgan fingerprint density at radius 1 is 1.03 bits per heavy atom. The molecule has 0 bridgehead atoms. The van der Waals surface area contributed by atoms with E-state index in [0.29, 0.717) is 12.0 Å². The van der Waals surface area contributed by atoms with Crippen LogP contribution in [0, 0.1) is 5.41 Å². The molecule has 2 heterocycles. The van der Waals surface area contributed by atoms with E-state index >= 15 is 0 Å². The van der Waals surface area contributed by atoms with E-state index in [4.69, 9.17) is 21.0 Å². The summed E-state index contributed by atoms with van der Waals surface area (Å²) in [7, 11) is 0. The van der Waals surface area contributed by atoms with E-state index in [1.54, 1.807) is 28.2 Å². The highest BCUT2D eigenvalue weighted by atomic mass is 32.1. The van der Waals surface area contributed by atoms with Crippen LogP contribution in [-0.4, -0.2) is 34.0 Å². The van der Waals surface area contributed by atoms with Crippen molar-refractivity contribution in [1.82, 2.24) is 4.98 Å².